The van der Waals surface area contributed by atoms with Crippen molar-refractivity contribution < 1.29 is 0 Å². The molecule has 2 nitrogen and oxygen atoms in total. The number of nitrogens with one attached hydrogen (secondary N) is 1. The molecule has 0 aliphatic heterocycles. The van der Waals surface area contributed by atoms with Gasteiger partial charge < -0.3 is 5.32 Å². The molecule has 1 aromatic rings. The Morgan fingerprint density at radius 1 is 1.43 bits per heavy atom. The first kappa shape index (κ1) is 10.5. The Morgan fingerprint density at radius 3 is 2.57 bits per heavy atom. The molecule has 0 aromatic heterocycles. The highest BCUT2D eigenvalue weighted by molar-refractivity contribution is 5.53. The molecule has 14 heavy (non-hydrogen) atoms. The molecule has 0 radical (unpaired) electrons. The fourth-order valence-electron chi connectivity index (χ4n) is 1.27. The maximum Gasteiger partial charge on any atom is 0.0991 e. The number of nitriles is 1. The predicted molar refractivity (Wildman–Crippen MR) is 58.7 cm³/mol. The standard InChI is InChI=1S/C12H14N2/c1-10(9-14-2)7-11-3-5-12(8-13)6-4-11/h3-7,14H,9H2,1-2H3. The summed E-state index contributed by atoms with van der Waals surface area (Å²) in [5, 5.41) is 11.7. The first-order valence-electron chi connectivity index (χ1n) is 4.58. The Balaban J connectivity index is 2.78. The van der Waals surface area contributed by atoms with E-state index < -0.39 is 0 Å². The molecule has 1 N–H and O–H groups in total. The highest BCUT2D eigenvalue weighted by atomic mass is 14.8. The van der Waals surface area contributed by atoms with Crippen LogP contribution in [0.15, 0.2) is 29.8 Å². The highest BCUT2D eigenvalue weighted by Crippen LogP contribution is 2.07. The lowest BCUT2D eigenvalue weighted by molar-refractivity contribution is 0.884. The Hall–Kier alpha value is -1.59. The molecule has 2 heteroatoms. The van der Waals surface area contributed by atoms with Gasteiger partial charge in [0.2, 0.25) is 0 Å². The molecule has 0 saturated carbocycles. The first-order chi connectivity index (χ1) is 6.76. The molecule has 0 bridgehead atoms. The molecule has 0 saturated heterocycles. The molecule has 0 aliphatic carbocycles. The van der Waals surface area contributed by atoms with E-state index in [1.807, 2.05) is 31.3 Å². The Labute approximate surface area is 84.9 Å². The molecule has 1 rings (SSSR count). The average molecular weight is 186 g/mol. The van der Waals surface area contributed by atoms with Crippen molar-refractivity contribution in [3.8, 4) is 6.07 Å². The third-order valence-corrected chi connectivity index (χ3v) is 1.91. The van der Waals surface area contributed by atoms with E-state index in [1.165, 1.54) is 5.57 Å². The molecule has 0 spiro atoms. The van der Waals surface area contributed by atoms with Gasteiger partial charge in [-0.1, -0.05) is 23.8 Å². The number of nitrogens with zero attached hydrogens (tertiary/aromatic N) is 1. The van der Waals surface area contributed by atoms with Crippen LogP contribution in [0.1, 0.15) is 18.1 Å². The fraction of sp³-hybridized carbons (Fsp3) is 0.250. The van der Waals surface area contributed by atoms with Crippen molar-refractivity contribution in [2.24, 2.45) is 0 Å². The summed E-state index contributed by atoms with van der Waals surface area (Å²) in [6.07, 6.45) is 2.11. The van der Waals surface area contributed by atoms with Gasteiger partial charge >= 0.3 is 0 Å². The second kappa shape index (κ2) is 5.21. The van der Waals surface area contributed by atoms with Crippen LogP contribution in [-0.2, 0) is 0 Å². The lowest BCUT2D eigenvalue weighted by Gasteiger charge is -1.99. The minimum Gasteiger partial charge on any atom is -0.316 e. The molecular formula is C12H14N2. The van der Waals surface area contributed by atoms with Crippen molar-refractivity contribution in [2.45, 2.75) is 6.92 Å². The summed E-state index contributed by atoms with van der Waals surface area (Å²) in [5.74, 6) is 0. The van der Waals surface area contributed by atoms with E-state index in [0.29, 0.717) is 5.56 Å². The zero-order valence-electron chi connectivity index (χ0n) is 8.54. The number of hydrogen-bond donors (Lipinski definition) is 1. The van der Waals surface area contributed by atoms with Gasteiger partial charge in [-0.05, 0) is 31.7 Å². The molecule has 0 atom stereocenters. The Bertz CT molecular complexity index is 355. The Morgan fingerprint density at radius 2 is 2.07 bits per heavy atom. The largest absolute Gasteiger partial charge is 0.316 e. The van der Waals surface area contributed by atoms with Gasteiger partial charge in [-0.25, -0.2) is 0 Å². The zero-order chi connectivity index (χ0) is 10.4. The van der Waals surface area contributed by atoms with E-state index in [1.54, 1.807) is 0 Å². The number of likely N-dealkylation sites (N-methyl/N-ethyl adjacent to an activating group) is 1. The van der Waals surface area contributed by atoms with Crippen LogP contribution >= 0.6 is 0 Å². The van der Waals surface area contributed by atoms with Crippen LogP contribution in [0, 0.1) is 11.3 Å². The minimum absolute atomic E-state index is 0.702. The number of rotatable bonds is 3. The van der Waals surface area contributed by atoms with Crippen molar-refractivity contribution in [3.63, 3.8) is 0 Å². The van der Waals surface area contributed by atoms with Gasteiger partial charge in [-0.15, -0.1) is 0 Å². The van der Waals surface area contributed by atoms with Crippen LogP contribution in [0.5, 0.6) is 0 Å². The smallest absolute Gasteiger partial charge is 0.0991 e. The van der Waals surface area contributed by atoms with Crippen molar-refractivity contribution in [1.29, 1.82) is 5.26 Å². The quantitative estimate of drug-likeness (QED) is 0.785. The summed E-state index contributed by atoms with van der Waals surface area (Å²) in [6.45, 7) is 2.97. The van der Waals surface area contributed by atoms with E-state index in [9.17, 15) is 0 Å². The van der Waals surface area contributed by atoms with Crippen LogP contribution < -0.4 is 5.32 Å². The SMILES string of the molecule is CNCC(C)=Cc1ccc(C#N)cc1. The maximum absolute atomic E-state index is 8.62. The molecular weight excluding hydrogens is 172 g/mol. The normalized spacial score (nSPS) is 11.1. The van der Waals surface area contributed by atoms with Crippen LogP contribution in [0.3, 0.4) is 0 Å². The van der Waals surface area contributed by atoms with Gasteiger partial charge in [0.1, 0.15) is 0 Å². The minimum atomic E-state index is 0.702. The van der Waals surface area contributed by atoms with E-state index in [0.717, 1.165) is 12.1 Å². The van der Waals surface area contributed by atoms with E-state index in [4.69, 9.17) is 5.26 Å². The predicted octanol–water partition coefficient (Wildman–Crippen LogP) is 2.18. The van der Waals surface area contributed by atoms with E-state index >= 15 is 0 Å². The van der Waals surface area contributed by atoms with Gasteiger partial charge in [0.05, 0.1) is 11.6 Å². The number of benzene rings is 1. The van der Waals surface area contributed by atoms with Crippen molar-refractivity contribution in [2.75, 3.05) is 13.6 Å². The summed E-state index contributed by atoms with van der Waals surface area (Å²) in [4.78, 5) is 0. The second-order valence-corrected chi connectivity index (χ2v) is 3.25. The molecule has 1 aromatic carbocycles. The highest BCUT2D eigenvalue weighted by Gasteiger charge is 1.91. The molecule has 0 amide bonds. The fourth-order valence-corrected chi connectivity index (χ4v) is 1.27. The maximum atomic E-state index is 8.62. The summed E-state index contributed by atoms with van der Waals surface area (Å²) in [7, 11) is 1.93. The lowest BCUT2D eigenvalue weighted by Crippen LogP contribution is -2.08. The van der Waals surface area contributed by atoms with Crippen LogP contribution in [0.2, 0.25) is 0 Å². The summed E-state index contributed by atoms with van der Waals surface area (Å²) in [6, 6.07) is 9.68. The van der Waals surface area contributed by atoms with Crippen molar-refractivity contribution in [1.82, 2.24) is 5.32 Å². The average Bonchev–Trinajstić information content (AvgIpc) is 2.19. The lowest BCUT2D eigenvalue weighted by atomic mass is 10.1. The summed E-state index contributed by atoms with van der Waals surface area (Å²) in [5.41, 5.74) is 3.11. The van der Waals surface area contributed by atoms with Gasteiger partial charge in [0, 0.05) is 6.54 Å². The molecule has 0 aliphatic rings. The van der Waals surface area contributed by atoms with Crippen molar-refractivity contribution in [3.05, 3.63) is 41.0 Å². The zero-order valence-corrected chi connectivity index (χ0v) is 8.54. The summed E-state index contributed by atoms with van der Waals surface area (Å²) < 4.78 is 0. The van der Waals surface area contributed by atoms with Gasteiger partial charge in [-0.3, -0.25) is 0 Å². The van der Waals surface area contributed by atoms with E-state index in [-0.39, 0.29) is 0 Å². The molecule has 0 unspecified atom stereocenters. The molecule has 0 heterocycles. The second-order valence-electron chi connectivity index (χ2n) is 3.25. The van der Waals surface area contributed by atoms with Gasteiger partial charge in [0.15, 0.2) is 0 Å². The molecule has 0 fully saturated rings. The van der Waals surface area contributed by atoms with Crippen molar-refractivity contribution >= 4 is 6.08 Å². The van der Waals surface area contributed by atoms with Gasteiger partial charge in [-0.2, -0.15) is 5.26 Å². The first-order valence-corrected chi connectivity index (χ1v) is 4.58. The third-order valence-electron chi connectivity index (χ3n) is 1.91. The number of hydrogen-bond acceptors (Lipinski definition) is 2. The van der Waals surface area contributed by atoms with E-state index in [2.05, 4.69) is 24.4 Å². The topological polar surface area (TPSA) is 35.8 Å². The monoisotopic (exact) mass is 186 g/mol. The van der Waals surface area contributed by atoms with Crippen LogP contribution in [-0.4, -0.2) is 13.6 Å². The van der Waals surface area contributed by atoms with Crippen LogP contribution in [0.4, 0.5) is 0 Å². The molecule has 72 valence electrons. The van der Waals surface area contributed by atoms with Crippen LogP contribution in [0.25, 0.3) is 6.08 Å². The summed E-state index contributed by atoms with van der Waals surface area (Å²) >= 11 is 0. The third kappa shape index (κ3) is 3.04. The Kier molecular flexibility index (Phi) is 3.90. The van der Waals surface area contributed by atoms with Gasteiger partial charge in [0.25, 0.3) is 0 Å².